The normalized spacial score (nSPS) is 21.1. The van der Waals surface area contributed by atoms with Gasteiger partial charge in [0.25, 0.3) is 5.91 Å². The summed E-state index contributed by atoms with van der Waals surface area (Å²) in [5.41, 5.74) is -0.190. The first-order valence-electron chi connectivity index (χ1n) is 7.10. The summed E-state index contributed by atoms with van der Waals surface area (Å²) in [4.78, 5) is 14.1. The first kappa shape index (κ1) is 15.7. The number of nitrogens with zero attached hydrogens (tertiary/aromatic N) is 3. The van der Waals surface area contributed by atoms with Gasteiger partial charge in [-0.15, -0.1) is 10.2 Å². The highest BCUT2D eigenvalue weighted by atomic mass is 16.5. The number of rotatable bonds is 4. The number of hydrogen-bond donors (Lipinski definition) is 2. The number of aliphatic hydroxyl groups is 1. The van der Waals surface area contributed by atoms with E-state index in [1.807, 2.05) is 20.8 Å². The molecule has 0 bridgehead atoms. The summed E-state index contributed by atoms with van der Waals surface area (Å²) >= 11 is 0. The van der Waals surface area contributed by atoms with Gasteiger partial charge in [-0.2, -0.15) is 0 Å². The predicted molar refractivity (Wildman–Crippen MR) is 78.1 cm³/mol. The molecule has 2 N–H and O–H groups in total. The molecular weight excluding hydrogens is 272 g/mol. The molecule has 1 amide bonds. The van der Waals surface area contributed by atoms with Crippen molar-refractivity contribution in [3.63, 3.8) is 0 Å². The molecule has 0 spiro atoms. The van der Waals surface area contributed by atoms with Crippen molar-refractivity contribution in [2.24, 2.45) is 0 Å². The number of aromatic nitrogens is 2. The van der Waals surface area contributed by atoms with Crippen LogP contribution in [0.15, 0.2) is 12.1 Å². The Labute approximate surface area is 124 Å². The average Bonchev–Trinajstić information content (AvgIpc) is 2.46. The Morgan fingerprint density at radius 3 is 2.86 bits per heavy atom. The van der Waals surface area contributed by atoms with E-state index in [1.165, 1.54) is 0 Å². The van der Waals surface area contributed by atoms with Gasteiger partial charge in [-0.3, -0.25) is 4.79 Å². The van der Waals surface area contributed by atoms with Gasteiger partial charge >= 0.3 is 0 Å². The van der Waals surface area contributed by atoms with Crippen molar-refractivity contribution >= 4 is 11.7 Å². The summed E-state index contributed by atoms with van der Waals surface area (Å²) in [6, 6.07) is 3.39. The lowest BCUT2D eigenvalue weighted by atomic mass is 10.0. The number of morpholine rings is 1. The van der Waals surface area contributed by atoms with Crippen LogP contribution >= 0.6 is 0 Å². The Bertz CT molecular complexity index is 489. The van der Waals surface area contributed by atoms with E-state index >= 15 is 0 Å². The maximum Gasteiger partial charge on any atom is 0.274 e. The van der Waals surface area contributed by atoms with Gasteiger partial charge in [-0.1, -0.05) is 0 Å². The van der Waals surface area contributed by atoms with Crippen molar-refractivity contribution in [1.82, 2.24) is 15.1 Å². The number of hydrogen-bond acceptors (Lipinski definition) is 6. The summed E-state index contributed by atoms with van der Waals surface area (Å²) in [5, 5.41) is 20.3. The highest BCUT2D eigenvalue weighted by Crippen LogP contribution is 2.22. The SMILES string of the molecule is CCNc1ccc(C(=O)N2CC(CO)OC(C)(C)C2)nn1. The Hall–Kier alpha value is -1.73. The van der Waals surface area contributed by atoms with Crippen molar-refractivity contribution in [1.29, 1.82) is 0 Å². The minimum atomic E-state index is -0.488. The molecular formula is C14H22N4O3. The van der Waals surface area contributed by atoms with Crippen LogP contribution in [0, 0.1) is 0 Å². The zero-order valence-corrected chi connectivity index (χ0v) is 12.7. The topological polar surface area (TPSA) is 87.6 Å². The number of ether oxygens (including phenoxy) is 1. The second kappa shape index (κ2) is 6.36. The molecule has 21 heavy (non-hydrogen) atoms. The zero-order chi connectivity index (χ0) is 15.5. The summed E-state index contributed by atoms with van der Waals surface area (Å²) in [7, 11) is 0. The van der Waals surface area contributed by atoms with Crippen LogP contribution in [0.5, 0.6) is 0 Å². The average molecular weight is 294 g/mol. The molecule has 1 saturated heterocycles. The molecule has 7 nitrogen and oxygen atoms in total. The number of carbonyl (C=O) groups is 1. The van der Waals surface area contributed by atoms with Crippen molar-refractivity contribution in [3.8, 4) is 0 Å². The molecule has 0 aromatic carbocycles. The largest absolute Gasteiger partial charge is 0.394 e. The van der Waals surface area contributed by atoms with E-state index in [4.69, 9.17) is 4.74 Å². The predicted octanol–water partition coefficient (Wildman–Crippen LogP) is 0.520. The van der Waals surface area contributed by atoms with Crippen molar-refractivity contribution in [3.05, 3.63) is 17.8 Å². The van der Waals surface area contributed by atoms with Crippen LogP contribution in [0.4, 0.5) is 5.82 Å². The molecule has 0 radical (unpaired) electrons. The lowest BCUT2D eigenvalue weighted by Gasteiger charge is -2.42. The van der Waals surface area contributed by atoms with Crippen LogP contribution in [-0.4, -0.2) is 64.1 Å². The molecule has 0 aliphatic carbocycles. The van der Waals surface area contributed by atoms with Crippen molar-refractivity contribution in [2.45, 2.75) is 32.5 Å². The fourth-order valence-electron chi connectivity index (χ4n) is 2.43. The third kappa shape index (κ3) is 3.89. The fourth-order valence-corrected chi connectivity index (χ4v) is 2.43. The monoisotopic (exact) mass is 294 g/mol. The molecule has 1 aromatic heterocycles. The highest BCUT2D eigenvalue weighted by Gasteiger charge is 2.36. The molecule has 0 saturated carbocycles. The van der Waals surface area contributed by atoms with E-state index in [1.54, 1.807) is 17.0 Å². The van der Waals surface area contributed by atoms with Crippen LogP contribution in [0.1, 0.15) is 31.3 Å². The van der Waals surface area contributed by atoms with Crippen molar-refractivity contribution in [2.75, 3.05) is 31.6 Å². The second-order valence-corrected chi connectivity index (χ2v) is 5.70. The first-order chi connectivity index (χ1) is 9.95. The number of nitrogens with one attached hydrogen (secondary N) is 1. The lowest BCUT2D eigenvalue weighted by molar-refractivity contribution is -0.139. The number of carbonyl (C=O) groups excluding carboxylic acids is 1. The fraction of sp³-hybridized carbons (Fsp3) is 0.643. The molecule has 2 rings (SSSR count). The number of aliphatic hydroxyl groups excluding tert-OH is 1. The summed E-state index contributed by atoms with van der Waals surface area (Å²) in [6.45, 7) is 7.21. The van der Waals surface area contributed by atoms with E-state index in [2.05, 4.69) is 15.5 Å². The molecule has 1 aliphatic heterocycles. The first-order valence-corrected chi connectivity index (χ1v) is 7.10. The maximum atomic E-state index is 12.5. The van der Waals surface area contributed by atoms with E-state index in [-0.39, 0.29) is 18.6 Å². The molecule has 1 fully saturated rings. The zero-order valence-electron chi connectivity index (χ0n) is 12.7. The van der Waals surface area contributed by atoms with E-state index in [0.717, 1.165) is 6.54 Å². The molecule has 116 valence electrons. The van der Waals surface area contributed by atoms with E-state index in [0.29, 0.717) is 24.6 Å². The molecule has 1 aliphatic rings. The highest BCUT2D eigenvalue weighted by molar-refractivity contribution is 5.92. The second-order valence-electron chi connectivity index (χ2n) is 5.70. The van der Waals surface area contributed by atoms with Crippen LogP contribution < -0.4 is 5.32 Å². The molecule has 1 unspecified atom stereocenters. The van der Waals surface area contributed by atoms with Gasteiger partial charge in [0.2, 0.25) is 0 Å². The Morgan fingerprint density at radius 2 is 2.29 bits per heavy atom. The van der Waals surface area contributed by atoms with Gasteiger partial charge in [0.1, 0.15) is 5.82 Å². The lowest BCUT2D eigenvalue weighted by Crippen LogP contribution is -2.55. The molecule has 7 heteroatoms. The molecule has 1 aromatic rings. The van der Waals surface area contributed by atoms with E-state index in [9.17, 15) is 9.90 Å². The van der Waals surface area contributed by atoms with Gasteiger partial charge in [-0.05, 0) is 32.9 Å². The maximum absolute atomic E-state index is 12.5. The van der Waals surface area contributed by atoms with Crippen LogP contribution in [0.2, 0.25) is 0 Å². The quantitative estimate of drug-likeness (QED) is 0.842. The van der Waals surface area contributed by atoms with Gasteiger partial charge < -0.3 is 20.1 Å². The van der Waals surface area contributed by atoms with Crippen LogP contribution in [0.25, 0.3) is 0 Å². The number of amides is 1. The molecule has 1 atom stereocenters. The Balaban J connectivity index is 2.11. The van der Waals surface area contributed by atoms with Gasteiger partial charge in [0.05, 0.1) is 18.3 Å². The third-order valence-electron chi connectivity index (χ3n) is 3.21. The van der Waals surface area contributed by atoms with Crippen LogP contribution in [-0.2, 0) is 4.74 Å². The summed E-state index contributed by atoms with van der Waals surface area (Å²) < 4.78 is 5.70. The standard InChI is InChI=1S/C14H22N4O3/c1-4-15-12-6-5-11(16-17-12)13(20)18-7-10(8-19)21-14(2,3)9-18/h5-6,10,19H,4,7-9H2,1-3H3,(H,15,17). The van der Waals surface area contributed by atoms with Crippen LogP contribution in [0.3, 0.4) is 0 Å². The smallest absolute Gasteiger partial charge is 0.274 e. The minimum absolute atomic E-state index is 0.113. The molecule has 2 heterocycles. The van der Waals surface area contributed by atoms with Crippen molar-refractivity contribution < 1.29 is 14.6 Å². The van der Waals surface area contributed by atoms with E-state index < -0.39 is 5.60 Å². The summed E-state index contributed by atoms with van der Waals surface area (Å²) in [6.07, 6.45) is -0.369. The Morgan fingerprint density at radius 1 is 1.52 bits per heavy atom. The minimum Gasteiger partial charge on any atom is -0.394 e. The van der Waals surface area contributed by atoms with Gasteiger partial charge in [-0.25, -0.2) is 0 Å². The van der Waals surface area contributed by atoms with Gasteiger partial charge in [0, 0.05) is 19.6 Å². The van der Waals surface area contributed by atoms with Gasteiger partial charge in [0.15, 0.2) is 5.69 Å². The summed E-state index contributed by atoms with van der Waals surface area (Å²) in [5.74, 6) is 0.449. The Kier molecular flexibility index (Phi) is 4.74. The third-order valence-corrected chi connectivity index (χ3v) is 3.21. The number of anilines is 1.